The quantitative estimate of drug-likeness (QED) is 0.589. The fraction of sp³-hybridized carbons (Fsp3) is 0.118. The van der Waals surface area contributed by atoms with Gasteiger partial charge in [-0.2, -0.15) is 0 Å². The Kier molecular flexibility index (Phi) is 3.83. The summed E-state index contributed by atoms with van der Waals surface area (Å²) in [5, 5.41) is 10.4. The van der Waals surface area contributed by atoms with Gasteiger partial charge in [-0.25, -0.2) is 9.59 Å². The second kappa shape index (κ2) is 5.81. The molecule has 0 saturated heterocycles. The number of fused-ring (bicyclic) bond motifs is 2. The average molecular weight is 328 g/mol. The van der Waals surface area contributed by atoms with Crippen LogP contribution in [0.15, 0.2) is 41.2 Å². The van der Waals surface area contributed by atoms with E-state index in [0.717, 1.165) is 0 Å². The van der Waals surface area contributed by atoms with Gasteiger partial charge in [-0.3, -0.25) is 4.79 Å². The molecule has 0 fully saturated rings. The molecule has 0 bridgehead atoms. The lowest BCUT2D eigenvalue weighted by Crippen LogP contribution is -2.13. The van der Waals surface area contributed by atoms with Crippen molar-refractivity contribution in [2.75, 3.05) is 6.61 Å². The van der Waals surface area contributed by atoms with Crippen LogP contribution in [-0.4, -0.2) is 23.7 Å². The third kappa shape index (κ3) is 2.47. The van der Waals surface area contributed by atoms with E-state index in [-0.39, 0.29) is 27.9 Å². The van der Waals surface area contributed by atoms with Crippen molar-refractivity contribution in [3.63, 3.8) is 0 Å². The minimum atomic E-state index is -1.26. The molecule has 1 aromatic heterocycles. The predicted octanol–water partition coefficient (Wildman–Crippen LogP) is 3.29. The van der Waals surface area contributed by atoms with Crippen LogP contribution in [0.5, 0.6) is 0 Å². The van der Waals surface area contributed by atoms with Crippen molar-refractivity contribution >= 4 is 43.4 Å². The van der Waals surface area contributed by atoms with E-state index in [1.807, 2.05) is 0 Å². The monoisotopic (exact) mass is 328 g/mol. The Labute approximate surface area is 134 Å². The molecule has 3 rings (SSSR count). The number of benzene rings is 2. The number of ether oxygens (including phenoxy) is 1. The van der Waals surface area contributed by atoms with E-state index < -0.39 is 11.9 Å². The van der Waals surface area contributed by atoms with Gasteiger partial charge < -0.3 is 9.84 Å². The zero-order valence-electron chi connectivity index (χ0n) is 12.2. The highest BCUT2D eigenvalue weighted by atomic mass is 32.1. The van der Waals surface area contributed by atoms with Crippen LogP contribution in [0.1, 0.15) is 27.6 Å². The van der Waals surface area contributed by atoms with Gasteiger partial charge in [-0.05, 0) is 31.2 Å². The number of aromatic carboxylic acids is 1. The number of hydrogen-bond donors (Lipinski definition) is 1. The first kappa shape index (κ1) is 15.2. The van der Waals surface area contributed by atoms with Crippen molar-refractivity contribution in [1.29, 1.82) is 0 Å². The van der Waals surface area contributed by atoms with Crippen molar-refractivity contribution in [2.45, 2.75) is 6.92 Å². The second-order valence-corrected chi connectivity index (χ2v) is 5.87. The van der Waals surface area contributed by atoms with Gasteiger partial charge >= 0.3 is 11.9 Å². The van der Waals surface area contributed by atoms with Crippen LogP contribution in [-0.2, 0) is 4.74 Å². The molecule has 0 atom stereocenters. The molecule has 0 aliphatic rings. The first-order chi connectivity index (χ1) is 11.0. The van der Waals surface area contributed by atoms with Gasteiger partial charge in [0.25, 0.3) is 0 Å². The lowest BCUT2D eigenvalue weighted by Gasteiger charge is -2.09. The van der Waals surface area contributed by atoms with Gasteiger partial charge in [-0.1, -0.05) is 12.1 Å². The molecule has 0 aliphatic heterocycles. The number of hydrogen-bond acceptors (Lipinski definition) is 5. The third-order valence-electron chi connectivity index (χ3n) is 3.46. The molecule has 3 aromatic rings. The van der Waals surface area contributed by atoms with Gasteiger partial charge in [0.15, 0.2) is 5.43 Å². The second-order valence-electron chi connectivity index (χ2n) is 4.82. The van der Waals surface area contributed by atoms with E-state index in [4.69, 9.17) is 4.74 Å². The fourth-order valence-corrected chi connectivity index (χ4v) is 3.66. The summed E-state index contributed by atoms with van der Waals surface area (Å²) in [6.45, 7) is 1.79. The molecule has 1 heterocycles. The van der Waals surface area contributed by atoms with Crippen molar-refractivity contribution in [3.05, 3.63) is 57.7 Å². The first-order valence-corrected chi connectivity index (χ1v) is 7.75. The summed E-state index contributed by atoms with van der Waals surface area (Å²) in [4.78, 5) is 36.3. The minimum Gasteiger partial charge on any atom is -0.478 e. The van der Waals surface area contributed by atoms with Crippen LogP contribution in [0.3, 0.4) is 0 Å². The smallest absolute Gasteiger partial charge is 0.339 e. The van der Waals surface area contributed by atoms with Crippen molar-refractivity contribution in [1.82, 2.24) is 0 Å². The van der Waals surface area contributed by atoms with E-state index in [1.54, 1.807) is 31.2 Å². The zero-order valence-corrected chi connectivity index (χ0v) is 13.0. The number of rotatable bonds is 3. The van der Waals surface area contributed by atoms with Gasteiger partial charge in [0.1, 0.15) is 0 Å². The van der Waals surface area contributed by atoms with E-state index in [0.29, 0.717) is 15.5 Å². The van der Waals surface area contributed by atoms with Gasteiger partial charge in [-0.15, -0.1) is 11.3 Å². The van der Waals surface area contributed by atoms with Gasteiger partial charge in [0, 0.05) is 15.5 Å². The van der Waals surface area contributed by atoms with E-state index >= 15 is 0 Å². The third-order valence-corrected chi connectivity index (χ3v) is 4.66. The summed E-state index contributed by atoms with van der Waals surface area (Å²) in [7, 11) is 0. The van der Waals surface area contributed by atoms with Crippen LogP contribution in [0, 0.1) is 0 Å². The zero-order chi connectivity index (χ0) is 16.6. The molecule has 0 aliphatic carbocycles. The molecular weight excluding hydrogens is 316 g/mol. The molecule has 0 saturated carbocycles. The lowest BCUT2D eigenvalue weighted by molar-refractivity contribution is 0.0515. The number of esters is 1. The first-order valence-electron chi connectivity index (χ1n) is 6.93. The standard InChI is InChI=1S/C17H12O5S/c1-2-22-17(21)10-7-8-11-14(18)9-5-3-4-6-12(9)23-15(11)13(10)16(19)20/h3-8H,2H2,1H3,(H,19,20). The summed E-state index contributed by atoms with van der Waals surface area (Å²) in [6, 6.07) is 9.82. The van der Waals surface area contributed by atoms with E-state index in [9.17, 15) is 19.5 Å². The van der Waals surface area contributed by atoms with Crippen LogP contribution >= 0.6 is 11.3 Å². The normalized spacial score (nSPS) is 10.8. The Morgan fingerprint density at radius 2 is 1.87 bits per heavy atom. The maximum Gasteiger partial charge on any atom is 0.339 e. The van der Waals surface area contributed by atoms with Crippen LogP contribution in [0.2, 0.25) is 0 Å². The summed E-state index contributed by atoms with van der Waals surface area (Å²) in [5.74, 6) is -1.97. The molecule has 23 heavy (non-hydrogen) atoms. The molecule has 0 spiro atoms. The Balaban J connectivity index is 2.45. The van der Waals surface area contributed by atoms with Crippen LogP contribution in [0.4, 0.5) is 0 Å². The molecule has 116 valence electrons. The van der Waals surface area contributed by atoms with Crippen molar-refractivity contribution in [3.8, 4) is 0 Å². The molecule has 5 nitrogen and oxygen atoms in total. The fourth-order valence-electron chi connectivity index (χ4n) is 2.46. The van der Waals surface area contributed by atoms with Crippen molar-refractivity contribution in [2.24, 2.45) is 0 Å². The largest absolute Gasteiger partial charge is 0.478 e. The Morgan fingerprint density at radius 3 is 2.57 bits per heavy atom. The van der Waals surface area contributed by atoms with Gasteiger partial charge in [0.2, 0.25) is 0 Å². The van der Waals surface area contributed by atoms with Crippen LogP contribution < -0.4 is 5.43 Å². The van der Waals surface area contributed by atoms with Crippen molar-refractivity contribution < 1.29 is 19.4 Å². The highest BCUT2D eigenvalue weighted by Gasteiger charge is 2.22. The Morgan fingerprint density at radius 1 is 1.13 bits per heavy atom. The molecule has 0 unspecified atom stereocenters. The average Bonchev–Trinajstić information content (AvgIpc) is 2.54. The Hall–Kier alpha value is -2.73. The molecule has 6 heteroatoms. The lowest BCUT2D eigenvalue weighted by atomic mass is 10.0. The molecule has 2 aromatic carbocycles. The number of carbonyl (C=O) groups is 2. The summed E-state index contributed by atoms with van der Waals surface area (Å²) < 4.78 is 5.87. The molecular formula is C17H12O5S. The summed E-state index contributed by atoms with van der Waals surface area (Å²) >= 11 is 1.18. The predicted molar refractivity (Wildman–Crippen MR) is 88.5 cm³/mol. The molecule has 1 N–H and O–H groups in total. The molecule has 0 amide bonds. The summed E-state index contributed by atoms with van der Waals surface area (Å²) in [6.07, 6.45) is 0. The Bertz CT molecular complexity index is 1000. The number of carboxylic acid groups (broad SMARTS) is 1. The highest BCUT2D eigenvalue weighted by molar-refractivity contribution is 7.24. The number of carbonyl (C=O) groups excluding carboxylic acids is 1. The topological polar surface area (TPSA) is 80.7 Å². The number of carboxylic acids is 1. The SMILES string of the molecule is CCOC(=O)c1ccc2c(=O)c3ccccc3sc2c1C(=O)O. The highest BCUT2D eigenvalue weighted by Crippen LogP contribution is 2.30. The summed E-state index contributed by atoms with van der Waals surface area (Å²) in [5.41, 5.74) is -0.473. The molecule has 0 radical (unpaired) electrons. The maximum absolute atomic E-state index is 12.6. The minimum absolute atomic E-state index is 0.0437. The maximum atomic E-state index is 12.6. The van der Waals surface area contributed by atoms with E-state index in [1.165, 1.54) is 23.5 Å². The van der Waals surface area contributed by atoms with Gasteiger partial charge in [0.05, 0.1) is 22.4 Å². The van der Waals surface area contributed by atoms with E-state index in [2.05, 4.69) is 0 Å². The van der Waals surface area contributed by atoms with Crippen LogP contribution in [0.25, 0.3) is 20.2 Å².